The summed E-state index contributed by atoms with van der Waals surface area (Å²) in [4.78, 5) is 0. The maximum atomic E-state index is 12.0. The van der Waals surface area contributed by atoms with Crippen molar-refractivity contribution in [1.82, 2.24) is 0 Å². The molecule has 0 aromatic rings. The highest BCUT2D eigenvalue weighted by Gasteiger charge is 2.35. The first kappa shape index (κ1) is 9.91. The Morgan fingerprint density at radius 3 is 2.00 bits per heavy atom. The van der Waals surface area contributed by atoms with Gasteiger partial charge in [-0.2, -0.15) is 22.0 Å². The molecule has 0 fully saturated rings. The highest BCUT2D eigenvalue weighted by atomic mass is 19.3. The van der Waals surface area contributed by atoms with Gasteiger partial charge in [0, 0.05) is 6.08 Å². The zero-order valence-corrected chi connectivity index (χ0v) is 5.17. The molecule has 0 aliphatic rings. The number of alkyl halides is 2. The van der Waals surface area contributed by atoms with Gasteiger partial charge < -0.3 is 0 Å². The molecular formula is C6H3F5. The second-order valence-electron chi connectivity index (χ2n) is 1.55. The van der Waals surface area contributed by atoms with Gasteiger partial charge in [0.15, 0.2) is 0 Å². The molecule has 0 aromatic heterocycles. The second-order valence-corrected chi connectivity index (χ2v) is 1.55. The quantitative estimate of drug-likeness (QED) is 0.441. The average molecular weight is 170 g/mol. The minimum atomic E-state index is -4.30. The summed E-state index contributed by atoms with van der Waals surface area (Å²) < 4.78 is 58.2. The van der Waals surface area contributed by atoms with E-state index in [1.807, 2.05) is 0 Å². The Hall–Kier alpha value is -1.09. The predicted octanol–water partition coefficient (Wildman–Crippen LogP) is 3.04. The molecule has 0 heterocycles. The standard InChI is InChI=1S/C6H3F5/c1-2-3-6(10,11)4(7)5(8)9/h3H,1H2. The molecule has 5 heteroatoms. The van der Waals surface area contributed by atoms with Gasteiger partial charge in [0.2, 0.25) is 5.83 Å². The maximum absolute atomic E-state index is 12.0. The molecule has 0 N–H and O–H groups in total. The van der Waals surface area contributed by atoms with Crippen LogP contribution in [0.15, 0.2) is 30.3 Å². The molecule has 0 saturated heterocycles. The van der Waals surface area contributed by atoms with Crippen LogP contribution in [0.2, 0.25) is 0 Å². The van der Waals surface area contributed by atoms with E-state index in [1.165, 1.54) is 5.73 Å². The third-order valence-corrected chi connectivity index (χ3v) is 0.742. The van der Waals surface area contributed by atoms with Crippen LogP contribution in [0.1, 0.15) is 0 Å². The Bertz CT molecular complexity index is 217. The lowest BCUT2D eigenvalue weighted by Crippen LogP contribution is -2.12. The van der Waals surface area contributed by atoms with Crippen molar-refractivity contribution in [3.05, 3.63) is 30.3 Å². The van der Waals surface area contributed by atoms with E-state index in [1.54, 1.807) is 0 Å². The van der Waals surface area contributed by atoms with Crippen molar-refractivity contribution >= 4 is 0 Å². The van der Waals surface area contributed by atoms with Crippen molar-refractivity contribution in [3.8, 4) is 0 Å². The van der Waals surface area contributed by atoms with Gasteiger partial charge in [-0.15, -0.1) is 5.73 Å². The van der Waals surface area contributed by atoms with Crippen molar-refractivity contribution in [2.24, 2.45) is 0 Å². The lowest BCUT2D eigenvalue weighted by atomic mass is 10.3. The molecule has 0 rings (SSSR count). The van der Waals surface area contributed by atoms with E-state index in [0.29, 0.717) is 0 Å². The van der Waals surface area contributed by atoms with Gasteiger partial charge in [0.1, 0.15) is 0 Å². The molecule has 0 spiro atoms. The molecule has 0 aliphatic heterocycles. The number of allylic oxidation sites excluding steroid dienone is 2. The van der Waals surface area contributed by atoms with E-state index in [-0.39, 0.29) is 6.08 Å². The van der Waals surface area contributed by atoms with Crippen molar-refractivity contribution in [2.45, 2.75) is 5.92 Å². The van der Waals surface area contributed by atoms with Gasteiger partial charge >= 0.3 is 12.0 Å². The van der Waals surface area contributed by atoms with E-state index in [2.05, 4.69) is 6.58 Å². The maximum Gasteiger partial charge on any atom is 0.329 e. The summed E-state index contributed by atoms with van der Waals surface area (Å²) in [6.07, 6.45) is -3.22. The molecule has 0 unspecified atom stereocenters. The van der Waals surface area contributed by atoms with Crippen LogP contribution in [-0.2, 0) is 0 Å². The molecule has 0 atom stereocenters. The third kappa shape index (κ3) is 2.55. The van der Waals surface area contributed by atoms with E-state index < -0.39 is 17.8 Å². The van der Waals surface area contributed by atoms with Gasteiger partial charge in [0.25, 0.3) is 0 Å². The Morgan fingerprint density at radius 2 is 1.73 bits per heavy atom. The zero-order valence-electron chi connectivity index (χ0n) is 5.17. The summed E-state index contributed by atoms with van der Waals surface area (Å²) in [5.41, 5.74) is 1.51. The van der Waals surface area contributed by atoms with Crippen LogP contribution in [0.4, 0.5) is 22.0 Å². The first-order chi connectivity index (χ1) is 4.91. The average Bonchev–Trinajstić information content (AvgIpc) is 1.86. The predicted molar refractivity (Wildman–Crippen MR) is 29.0 cm³/mol. The fourth-order valence-electron chi connectivity index (χ4n) is 0.318. The molecule has 11 heavy (non-hydrogen) atoms. The molecule has 0 nitrogen and oxygen atoms in total. The molecule has 0 aromatic carbocycles. The van der Waals surface area contributed by atoms with Crippen LogP contribution in [0.5, 0.6) is 0 Å². The van der Waals surface area contributed by atoms with Crippen LogP contribution in [0.3, 0.4) is 0 Å². The summed E-state index contributed by atoms with van der Waals surface area (Å²) in [7, 11) is 0. The SMILES string of the molecule is C=C=CC(F)(F)C(F)=C(F)F. The number of rotatable bonds is 2. The lowest BCUT2D eigenvalue weighted by Gasteiger charge is -2.05. The van der Waals surface area contributed by atoms with Crippen LogP contribution in [-0.4, -0.2) is 5.92 Å². The van der Waals surface area contributed by atoms with E-state index >= 15 is 0 Å². The van der Waals surface area contributed by atoms with Crippen LogP contribution < -0.4 is 0 Å². The van der Waals surface area contributed by atoms with E-state index in [9.17, 15) is 22.0 Å². The topological polar surface area (TPSA) is 0 Å². The van der Waals surface area contributed by atoms with Gasteiger partial charge in [-0.05, 0) is 0 Å². The molecule has 0 bridgehead atoms. The third-order valence-electron chi connectivity index (χ3n) is 0.742. The summed E-state index contributed by atoms with van der Waals surface area (Å²) in [5.74, 6) is -7.07. The zero-order chi connectivity index (χ0) is 9.07. The Morgan fingerprint density at radius 1 is 1.27 bits per heavy atom. The summed E-state index contributed by atoms with van der Waals surface area (Å²) in [6, 6.07) is 0. The minimum absolute atomic E-state index is 0.179. The van der Waals surface area contributed by atoms with Crippen LogP contribution in [0, 0.1) is 0 Å². The first-order valence-electron chi connectivity index (χ1n) is 2.38. The van der Waals surface area contributed by atoms with Gasteiger partial charge in [0.05, 0.1) is 0 Å². The normalized spacial score (nSPS) is 10.3. The minimum Gasteiger partial charge on any atom is -0.199 e. The van der Waals surface area contributed by atoms with Crippen molar-refractivity contribution < 1.29 is 22.0 Å². The number of hydrogen-bond donors (Lipinski definition) is 0. The molecule has 0 radical (unpaired) electrons. The Balaban J connectivity index is 4.84. The monoisotopic (exact) mass is 170 g/mol. The van der Waals surface area contributed by atoms with Crippen molar-refractivity contribution in [1.29, 1.82) is 0 Å². The lowest BCUT2D eigenvalue weighted by molar-refractivity contribution is 0.0613. The van der Waals surface area contributed by atoms with Crippen LogP contribution >= 0.6 is 0 Å². The molecule has 62 valence electrons. The highest BCUT2D eigenvalue weighted by molar-refractivity contribution is 5.13. The van der Waals surface area contributed by atoms with Crippen molar-refractivity contribution in [2.75, 3.05) is 0 Å². The van der Waals surface area contributed by atoms with E-state index in [4.69, 9.17) is 0 Å². The Labute approximate surface area is 59.3 Å². The van der Waals surface area contributed by atoms with E-state index in [0.717, 1.165) is 0 Å². The van der Waals surface area contributed by atoms with Gasteiger partial charge in [-0.25, -0.2) is 0 Å². The first-order valence-corrected chi connectivity index (χ1v) is 2.38. The van der Waals surface area contributed by atoms with Gasteiger partial charge in [-0.1, -0.05) is 6.58 Å². The summed E-state index contributed by atoms with van der Waals surface area (Å²) in [5, 5.41) is 0. The molecule has 0 amide bonds. The summed E-state index contributed by atoms with van der Waals surface area (Å²) >= 11 is 0. The largest absolute Gasteiger partial charge is 0.329 e. The number of hydrogen-bond acceptors (Lipinski definition) is 0. The fourth-order valence-corrected chi connectivity index (χ4v) is 0.318. The molecule has 0 aliphatic carbocycles. The van der Waals surface area contributed by atoms with Gasteiger partial charge in [-0.3, -0.25) is 0 Å². The Kier molecular flexibility index (Phi) is 3.01. The highest BCUT2D eigenvalue weighted by Crippen LogP contribution is 2.29. The molecule has 0 saturated carbocycles. The molecular weight excluding hydrogens is 167 g/mol. The van der Waals surface area contributed by atoms with Crippen LogP contribution in [0.25, 0.3) is 0 Å². The fraction of sp³-hybridized carbons (Fsp3) is 0.167. The number of halogens is 5. The smallest absolute Gasteiger partial charge is 0.199 e. The summed E-state index contributed by atoms with van der Waals surface area (Å²) in [6.45, 7) is 2.69. The second kappa shape index (κ2) is 3.34. The van der Waals surface area contributed by atoms with Crippen molar-refractivity contribution in [3.63, 3.8) is 0 Å².